The Morgan fingerprint density at radius 3 is 2.38 bits per heavy atom. The molecular formula is C5H10S3. The first-order valence-corrected chi connectivity index (χ1v) is 4.86. The molecule has 0 aromatic heterocycles. The second-order valence-corrected chi connectivity index (χ2v) is 5.01. The first kappa shape index (κ1) is 8.79. The highest BCUT2D eigenvalue weighted by atomic mass is 32.2. The minimum atomic E-state index is 0.370. The van der Waals surface area contributed by atoms with E-state index in [4.69, 9.17) is 0 Å². The molecule has 0 bridgehead atoms. The van der Waals surface area contributed by atoms with Crippen molar-refractivity contribution in [3.8, 4) is 0 Å². The molecule has 8 heavy (non-hydrogen) atoms. The van der Waals surface area contributed by atoms with Crippen LogP contribution in [-0.4, -0.2) is 10.8 Å². The van der Waals surface area contributed by atoms with E-state index in [0.717, 1.165) is 4.24 Å². The number of thiol groups is 1. The molecule has 0 spiro atoms. The summed E-state index contributed by atoms with van der Waals surface area (Å²) < 4.78 is 1.50. The van der Waals surface area contributed by atoms with E-state index in [1.807, 2.05) is 13.2 Å². The van der Waals surface area contributed by atoms with Gasteiger partial charge < -0.3 is 0 Å². The van der Waals surface area contributed by atoms with Crippen molar-refractivity contribution in [2.75, 3.05) is 6.26 Å². The lowest BCUT2D eigenvalue weighted by atomic mass is 11.0. The highest BCUT2D eigenvalue weighted by Gasteiger charge is 1.95. The molecule has 0 saturated carbocycles. The van der Waals surface area contributed by atoms with Crippen LogP contribution in [0.2, 0.25) is 0 Å². The molecule has 0 heterocycles. The second kappa shape index (κ2) is 4.65. The summed E-state index contributed by atoms with van der Waals surface area (Å²) >= 11 is 7.54. The van der Waals surface area contributed by atoms with Gasteiger partial charge in [0.1, 0.15) is 0 Å². The number of rotatable bonds is 3. The van der Waals surface area contributed by atoms with Crippen molar-refractivity contribution >= 4 is 36.2 Å². The van der Waals surface area contributed by atoms with E-state index >= 15 is 0 Å². The first-order chi connectivity index (χ1) is 3.66. The van der Waals surface area contributed by atoms with Gasteiger partial charge in [-0.2, -0.15) is 12.6 Å². The Kier molecular flexibility index (Phi) is 5.11. The Morgan fingerprint density at radius 1 is 1.75 bits per heavy atom. The van der Waals surface area contributed by atoms with E-state index in [0.29, 0.717) is 4.58 Å². The summed E-state index contributed by atoms with van der Waals surface area (Å²) in [5, 5.41) is 0. The van der Waals surface area contributed by atoms with E-state index in [9.17, 15) is 0 Å². The molecule has 0 aliphatic rings. The van der Waals surface area contributed by atoms with Gasteiger partial charge in [-0.3, -0.25) is 0 Å². The maximum Gasteiger partial charge on any atom is 0.0496 e. The average Bonchev–Trinajstić information content (AvgIpc) is 1.65. The third kappa shape index (κ3) is 4.94. The van der Waals surface area contributed by atoms with Gasteiger partial charge in [-0.25, -0.2) is 0 Å². The molecule has 0 aromatic carbocycles. The quantitative estimate of drug-likeness (QED) is 0.506. The second-order valence-electron chi connectivity index (χ2n) is 1.29. The van der Waals surface area contributed by atoms with Crippen LogP contribution in [0.15, 0.2) is 10.8 Å². The van der Waals surface area contributed by atoms with Gasteiger partial charge in [0.25, 0.3) is 0 Å². The Bertz CT molecular complexity index is 77.7. The third-order valence-corrected chi connectivity index (χ3v) is 2.69. The van der Waals surface area contributed by atoms with Gasteiger partial charge in [0.15, 0.2) is 0 Å². The monoisotopic (exact) mass is 166 g/mol. The lowest BCUT2D eigenvalue weighted by molar-refractivity contribution is 1.44. The first-order valence-electron chi connectivity index (χ1n) is 2.24. The summed E-state index contributed by atoms with van der Waals surface area (Å²) in [6.45, 7) is 5.83. The normalized spacial score (nSPS) is 13.4. The summed E-state index contributed by atoms with van der Waals surface area (Å²) in [4.78, 5) is 0. The van der Waals surface area contributed by atoms with Crippen molar-refractivity contribution in [2.45, 2.75) is 11.5 Å². The smallest absolute Gasteiger partial charge is 0.0496 e. The Hall–Kier alpha value is 0.790. The minimum Gasteiger partial charge on any atom is -0.165 e. The zero-order chi connectivity index (χ0) is 6.57. The average molecular weight is 166 g/mol. The highest BCUT2D eigenvalue weighted by molar-refractivity contribution is 8.25. The minimum absolute atomic E-state index is 0.370. The molecule has 3 heteroatoms. The SMILES string of the molecule is C=C(SC)S[C@@H](C)S. The lowest BCUT2D eigenvalue weighted by Gasteiger charge is -2.02. The highest BCUT2D eigenvalue weighted by Crippen LogP contribution is 2.29. The van der Waals surface area contributed by atoms with Gasteiger partial charge in [0.05, 0.1) is 0 Å². The molecule has 0 rings (SSSR count). The molecule has 0 radical (unpaired) electrons. The van der Waals surface area contributed by atoms with Crippen molar-refractivity contribution in [2.24, 2.45) is 0 Å². The fourth-order valence-electron chi connectivity index (χ4n) is 0.238. The molecule has 1 atom stereocenters. The van der Waals surface area contributed by atoms with Crippen molar-refractivity contribution in [1.82, 2.24) is 0 Å². The standard InChI is InChI=1S/C5H10S3/c1-4(6)8-5(2)7-3/h4,6H,2H2,1,3H3/t4-/m0/s1. The van der Waals surface area contributed by atoms with Crippen LogP contribution in [0.3, 0.4) is 0 Å². The van der Waals surface area contributed by atoms with E-state index < -0.39 is 0 Å². The number of hydrogen-bond donors (Lipinski definition) is 1. The van der Waals surface area contributed by atoms with Crippen molar-refractivity contribution < 1.29 is 0 Å². The van der Waals surface area contributed by atoms with Crippen molar-refractivity contribution in [3.05, 3.63) is 10.8 Å². The van der Waals surface area contributed by atoms with Gasteiger partial charge >= 0.3 is 0 Å². The maximum absolute atomic E-state index is 4.18. The zero-order valence-corrected chi connectivity index (χ0v) is 7.58. The van der Waals surface area contributed by atoms with Crippen LogP contribution in [0.25, 0.3) is 0 Å². The number of thioether (sulfide) groups is 2. The largest absolute Gasteiger partial charge is 0.165 e. The molecule has 0 aromatic rings. The van der Waals surface area contributed by atoms with Gasteiger partial charge in [-0.15, -0.1) is 23.5 Å². The summed E-state index contributed by atoms with van der Waals surface area (Å²) in [5.74, 6) is 0. The predicted molar refractivity (Wildman–Crippen MR) is 48.7 cm³/mol. The van der Waals surface area contributed by atoms with Gasteiger partial charge in [0.2, 0.25) is 0 Å². The fourth-order valence-corrected chi connectivity index (χ4v) is 2.03. The van der Waals surface area contributed by atoms with Gasteiger partial charge in [-0.1, -0.05) is 6.58 Å². The van der Waals surface area contributed by atoms with Crippen molar-refractivity contribution in [1.29, 1.82) is 0 Å². The van der Waals surface area contributed by atoms with E-state index in [1.54, 1.807) is 23.5 Å². The van der Waals surface area contributed by atoms with Crippen LogP contribution in [0.4, 0.5) is 0 Å². The predicted octanol–water partition coefficient (Wildman–Crippen LogP) is 2.83. The van der Waals surface area contributed by atoms with E-state index in [-0.39, 0.29) is 0 Å². The molecular weight excluding hydrogens is 156 g/mol. The van der Waals surface area contributed by atoms with Crippen LogP contribution in [0.1, 0.15) is 6.92 Å². The third-order valence-electron chi connectivity index (χ3n) is 0.530. The van der Waals surface area contributed by atoms with Crippen LogP contribution in [0.5, 0.6) is 0 Å². The molecule has 0 aliphatic carbocycles. The molecule has 0 N–H and O–H groups in total. The lowest BCUT2D eigenvalue weighted by Crippen LogP contribution is -1.78. The molecule has 48 valence electrons. The van der Waals surface area contributed by atoms with Crippen LogP contribution >= 0.6 is 36.2 Å². The maximum atomic E-state index is 4.18. The zero-order valence-electron chi connectivity index (χ0n) is 5.05. The summed E-state index contributed by atoms with van der Waals surface area (Å²) in [6, 6.07) is 0. The van der Waals surface area contributed by atoms with Crippen molar-refractivity contribution in [3.63, 3.8) is 0 Å². The van der Waals surface area contributed by atoms with Crippen LogP contribution in [-0.2, 0) is 0 Å². The molecule has 0 amide bonds. The number of hydrogen-bond acceptors (Lipinski definition) is 3. The Balaban J connectivity index is 3.25. The summed E-state index contributed by atoms with van der Waals surface area (Å²) in [5.41, 5.74) is 0. The van der Waals surface area contributed by atoms with E-state index in [2.05, 4.69) is 19.2 Å². The van der Waals surface area contributed by atoms with E-state index in [1.165, 1.54) is 0 Å². The van der Waals surface area contributed by atoms with Crippen LogP contribution in [0, 0.1) is 0 Å². The van der Waals surface area contributed by atoms with Gasteiger partial charge in [-0.05, 0) is 13.2 Å². The Labute approximate surface area is 64.9 Å². The molecule has 0 unspecified atom stereocenters. The molecule has 0 saturated heterocycles. The topological polar surface area (TPSA) is 0 Å². The summed E-state index contributed by atoms with van der Waals surface area (Å²) in [6.07, 6.45) is 2.02. The molecule has 0 aliphatic heterocycles. The van der Waals surface area contributed by atoms with Crippen LogP contribution < -0.4 is 0 Å². The Morgan fingerprint density at radius 2 is 2.25 bits per heavy atom. The molecule has 0 nitrogen and oxygen atoms in total. The summed E-state index contributed by atoms with van der Waals surface area (Å²) in [7, 11) is 0. The fraction of sp³-hybridized carbons (Fsp3) is 0.600. The van der Waals surface area contributed by atoms with Gasteiger partial charge in [0, 0.05) is 8.82 Å². The molecule has 0 fully saturated rings.